The van der Waals surface area contributed by atoms with Crippen molar-refractivity contribution in [3.63, 3.8) is 0 Å². The van der Waals surface area contributed by atoms with E-state index >= 15 is 0 Å². The van der Waals surface area contributed by atoms with Gasteiger partial charge in [-0.2, -0.15) is 0 Å². The average Bonchev–Trinajstić information content (AvgIpc) is 2.46. The van der Waals surface area contributed by atoms with Crippen molar-refractivity contribution in [1.82, 2.24) is 5.32 Å². The van der Waals surface area contributed by atoms with Gasteiger partial charge in [-0.15, -0.1) is 0 Å². The van der Waals surface area contributed by atoms with E-state index in [1.165, 1.54) is 12.1 Å². The van der Waals surface area contributed by atoms with Crippen molar-refractivity contribution in [1.29, 1.82) is 0 Å². The van der Waals surface area contributed by atoms with E-state index in [0.29, 0.717) is 18.6 Å². The van der Waals surface area contributed by atoms with Gasteiger partial charge in [-0.25, -0.2) is 8.78 Å². The first-order chi connectivity index (χ1) is 9.69. The van der Waals surface area contributed by atoms with Crippen molar-refractivity contribution in [3.8, 4) is 5.75 Å². The summed E-state index contributed by atoms with van der Waals surface area (Å²) >= 11 is 0. The normalized spacial score (nSPS) is 12.2. The molecule has 4 heteroatoms. The molecule has 2 rings (SSSR count). The molecule has 106 valence electrons. The fourth-order valence-electron chi connectivity index (χ4n) is 1.91. The number of para-hydroxylation sites is 1. The van der Waals surface area contributed by atoms with E-state index in [-0.39, 0.29) is 6.04 Å². The lowest BCUT2D eigenvalue weighted by atomic mass is 10.1. The van der Waals surface area contributed by atoms with E-state index in [4.69, 9.17) is 4.74 Å². The number of hydrogen-bond donors (Lipinski definition) is 1. The second-order valence-electron chi connectivity index (χ2n) is 4.55. The third-order valence-corrected chi connectivity index (χ3v) is 3.08. The summed E-state index contributed by atoms with van der Waals surface area (Å²) < 4.78 is 32.1. The van der Waals surface area contributed by atoms with Gasteiger partial charge in [0, 0.05) is 12.1 Å². The highest BCUT2D eigenvalue weighted by Gasteiger charge is 2.12. The lowest BCUT2D eigenvalue weighted by Crippen LogP contribution is -2.34. The molecule has 1 unspecified atom stereocenters. The van der Waals surface area contributed by atoms with Crippen molar-refractivity contribution in [2.45, 2.75) is 12.5 Å². The molecule has 0 amide bonds. The fraction of sp³-hybridized carbons (Fsp3) is 0.250. The SMILES string of the molecule is CNC(COc1ccccc1)Cc1ccc(F)cc1F. The van der Waals surface area contributed by atoms with Gasteiger partial charge in [0.05, 0.1) is 0 Å². The molecule has 0 heterocycles. The van der Waals surface area contributed by atoms with Gasteiger partial charge < -0.3 is 10.1 Å². The Kier molecular flexibility index (Phi) is 5.07. The second-order valence-corrected chi connectivity index (χ2v) is 4.55. The predicted octanol–water partition coefficient (Wildman–Crippen LogP) is 3.17. The number of hydrogen-bond acceptors (Lipinski definition) is 2. The van der Waals surface area contributed by atoms with Crippen LogP contribution in [0.4, 0.5) is 8.78 Å². The van der Waals surface area contributed by atoms with E-state index in [0.717, 1.165) is 11.8 Å². The number of rotatable bonds is 6. The maximum absolute atomic E-state index is 13.6. The van der Waals surface area contributed by atoms with Gasteiger partial charge in [-0.05, 0) is 37.2 Å². The number of benzene rings is 2. The van der Waals surface area contributed by atoms with E-state index < -0.39 is 11.6 Å². The van der Waals surface area contributed by atoms with Crippen LogP contribution >= 0.6 is 0 Å². The zero-order valence-electron chi connectivity index (χ0n) is 11.3. The standard InChI is InChI=1S/C16H17F2NO/c1-19-14(11-20-15-5-3-2-4-6-15)9-12-7-8-13(17)10-16(12)18/h2-8,10,14,19H,9,11H2,1H3. The van der Waals surface area contributed by atoms with Crippen LogP contribution in [-0.2, 0) is 6.42 Å². The number of nitrogens with one attached hydrogen (secondary N) is 1. The molecule has 0 aromatic heterocycles. The highest BCUT2D eigenvalue weighted by atomic mass is 19.1. The highest BCUT2D eigenvalue weighted by Crippen LogP contribution is 2.13. The van der Waals surface area contributed by atoms with E-state index in [1.54, 1.807) is 7.05 Å². The molecule has 2 aromatic carbocycles. The fourth-order valence-corrected chi connectivity index (χ4v) is 1.91. The summed E-state index contributed by atoms with van der Waals surface area (Å²) in [5.41, 5.74) is 0.474. The average molecular weight is 277 g/mol. The number of ether oxygens (including phenoxy) is 1. The molecule has 0 fully saturated rings. The molecule has 2 nitrogen and oxygen atoms in total. The van der Waals surface area contributed by atoms with Crippen molar-refractivity contribution in [2.75, 3.05) is 13.7 Å². The van der Waals surface area contributed by atoms with Crippen LogP contribution in [0.1, 0.15) is 5.56 Å². The summed E-state index contributed by atoms with van der Waals surface area (Å²) in [6, 6.07) is 13.0. The summed E-state index contributed by atoms with van der Waals surface area (Å²) in [7, 11) is 1.79. The van der Waals surface area contributed by atoms with Crippen LogP contribution in [0.25, 0.3) is 0 Å². The van der Waals surface area contributed by atoms with Gasteiger partial charge in [-0.3, -0.25) is 0 Å². The largest absolute Gasteiger partial charge is 0.492 e. The maximum atomic E-state index is 13.6. The van der Waals surface area contributed by atoms with Gasteiger partial charge in [0.25, 0.3) is 0 Å². The Morgan fingerprint density at radius 1 is 1.10 bits per heavy atom. The molecular weight excluding hydrogens is 260 g/mol. The molecule has 0 aliphatic heterocycles. The molecule has 0 spiro atoms. The Labute approximate surface area is 117 Å². The zero-order valence-corrected chi connectivity index (χ0v) is 11.3. The van der Waals surface area contributed by atoms with Crippen LogP contribution in [-0.4, -0.2) is 19.7 Å². The number of likely N-dealkylation sites (N-methyl/N-ethyl adjacent to an activating group) is 1. The van der Waals surface area contributed by atoms with Gasteiger partial charge >= 0.3 is 0 Å². The summed E-state index contributed by atoms with van der Waals surface area (Å²) in [6.07, 6.45) is 0.440. The molecule has 0 saturated heterocycles. The molecular formula is C16H17F2NO. The van der Waals surface area contributed by atoms with Crippen LogP contribution in [0.3, 0.4) is 0 Å². The summed E-state index contributed by atoms with van der Waals surface area (Å²) in [5.74, 6) is -0.315. The minimum atomic E-state index is -0.562. The lowest BCUT2D eigenvalue weighted by Gasteiger charge is -2.17. The minimum absolute atomic E-state index is 0.0461. The third kappa shape index (κ3) is 4.03. The topological polar surface area (TPSA) is 21.3 Å². The van der Waals surface area contributed by atoms with E-state index in [1.807, 2.05) is 30.3 Å². The van der Waals surface area contributed by atoms with Crippen LogP contribution < -0.4 is 10.1 Å². The van der Waals surface area contributed by atoms with Crippen LogP contribution in [0, 0.1) is 11.6 Å². The van der Waals surface area contributed by atoms with Gasteiger partial charge in [0.1, 0.15) is 24.0 Å². The Balaban J connectivity index is 1.95. The molecule has 0 aliphatic carbocycles. The summed E-state index contributed by atoms with van der Waals surface area (Å²) in [5, 5.41) is 3.08. The predicted molar refractivity (Wildman–Crippen MR) is 74.8 cm³/mol. The molecule has 1 N–H and O–H groups in total. The molecule has 0 radical (unpaired) electrons. The molecule has 1 atom stereocenters. The first-order valence-electron chi connectivity index (χ1n) is 6.48. The molecule has 0 aliphatic rings. The number of halogens is 2. The Morgan fingerprint density at radius 2 is 1.85 bits per heavy atom. The quantitative estimate of drug-likeness (QED) is 0.875. The minimum Gasteiger partial charge on any atom is -0.492 e. The zero-order chi connectivity index (χ0) is 14.4. The summed E-state index contributed by atoms with van der Waals surface area (Å²) in [6.45, 7) is 0.414. The molecule has 20 heavy (non-hydrogen) atoms. The van der Waals surface area contributed by atoms with Crippen LogP contribution in [0.15, 0.2) is 48.5 Å². The van der Waals surface area contributed by atoms with Crippen molar-refractivity contribution < 1.29 is 13.5 Å². The molecule has 0 saturated carbocycles. The first-order valence-corrected chi connectivity index (χ1v) is 6.48. The highest BCUT2D eigenvalue weighted by molar-refractivity contribution is 5.22. The van der Waals surface area contributed by atoms with Crippen molar-refractivity contribution in [2.24, 2.45) is 0 Å². The second kappa shape index (κ2) is 7.01. The monoisotopic (exact) mass is 277 g/mol. The van der Waals surface area contributed by atoms with Gasteiger partial charge in [-0.1, -0.05) is 24.3 Å². The third-order valence-electron chi connectivity index (χ3n) is 3.08. The first kappa shape index (κ1) is 14.5. The van der Waals surface area contributed by atoms with Crippen molar-refractivity contribution in [3.05, 3.63) is 65.7 Å². The Bertz CT molecular complexity index is 545. The van der Waals surface area contributed by atoms with Gasteiger partial charge in [0.15, 0.2) is 0 Å². The molecule has 0 bridgehead atoms. The Hall–Kier alpha value is -1.94. The van der Waals surface area contributed by atoms with Crippen molar-refractivity contribution >= 4 is 0 Å². The lowest BCUT2D eigenvalue weighted by molar-refractivity contribution is 0.269. The maximum Gasteiger partial charge on any atom is 0.129 e. The van der Waals surface area contributed by atoms with Crippen LogP contribution in [0.2, 0.25) is 0 Å². The van der Waals surface area contributed by atoms with Gasteiger partial charge in [0.2, 0.25) is 0 Å². The van der Waals surface area contributed by atoms with Crippen LogP contribution in [0.5, 0.6) is 5.75 Å². The molecule has 2 aromatic rings. The smallest absolute Gasteiger partial charge is 0.129 e. The summed E-state index contributed by atoms with van der Waals surface area (Å²) in [4.78, 5) is 0. The Morgan fingerprint density at radius 3 is 2.50 bits per heavy atom. The van der Waals surface area contributed by atoms with E-state index in [9.17, 15) is 8.78 Å². The van der Waals surface area contributed by atoms with E-state index in [2.05, 4.69) is 5.32 Å².